The van der Waals surface area contributed by atoms with Crippen LogP contribution in [0.25, 0.3) is 0 Å². The third-order valence-electron chi connectivity index (χ3n) is 4.20. The van der Waals surface area contributed by atoms with E-state index in [4.69, 9.17) is 5.11 Å². The molecule has 2 aromatic rings. The van der Waals surface area contributed by atoms with Gasteiger partial charge in [0.1, 0.15) is 12.4 Å². The number of aliphatic hydroxyl groups excluding tert-OH is 1. The monoisotopic (exact) mass is 377 g/mol. The highest BCUT2D eigenvalue weighted by Gasteiger charge is 2.31. The number of nitrogens with one attached hydrogen (secondary N) is 2. The van der Waals surface area contributed by atoms with Gasteiger partial charge >= 0.3 is 6.18 Å². The van der Waals surface area contributed by atoms with Crippen molar-refractivity contribution in [3.8, 4) is 0 Å². The number of benzene rings is 2. The second-order valence-electron chi connectivity index (χ2n) is 6.14. The molecule has 1 amide bonds. The number of nitrogens with zero attached hydrogens (tertiary/aromatic N) is 1. The van der Waals surface area contributed by atoms with Crippen molar-refractivity contribution in [1.82, 2.24) is 5.32 Å². The van der Waals surface area contributed by atoms with Crippen molar-refractivity contribution in [3.05, 3.63) is 65.2 Å². The first-order chi connectivity index (χ1) is 12.9. The number of alkyl halides is 3. The Kier molecular flexibility index (Phi) is 5.46. The van der Waals surface area contributed by atoms with E-state index in [-0.39, 0.29) is 6.54 Å². The zero-order chi connectivity index (χ0) is 19.4. The summed E-state index contributed by atoms with van der Waals surface area (Å²) in [5, 5.41) is 14.5. The molecule has 1 atom stereocenters. The number of carbonyl (C=O) groups excluding carboxylic acids is 1. The number of amidine groups is 1. The van der Waals surface area contributed by atoms with Gasteiger partial charge in [-0.05, 0) is 29.3 Å². The lowest BCUT2D eigenvalue weighted by atomic mass is 10.0. The lowest BCUT2D eigenvalue weighted by molar-refractivity contribution is -0.137. The van der Waals surface area contributed by atoms with Crippen LogP contribution in [0.3, 0.4) is 0 Å². The van der Waals surface area contributed by atoms with Gasteiger partial charge in [0.2, 0.25) is 5.91 Å². The molecule has 142 valence electrons. The standard InChI is InChI=1S/C19H18F3N3O2/c20-19(21,22)14-6-3-5-12(8-14)16(10-23-18(27)11-26)25-17-9-13-4-1-2-7-15(13)24-17/h1-8,16,26H,9-11H2,(H,23,27)(H,24,25)/t16-/m0/s1. The molecule has 0 saturated heterocycles. The van der Waals surface area contributed by atoms with Crippen molar-refractivity contribution in [2.75, 3.05) is 18.5 Å². The minimum atomic E-state index is -4.47. The van der Waals surface area contributed by atoms with Crippen LogP contribution in [-0.2, 0) is 17.4 Å². The summed E-state index contributed by atoms with van der Waals surface area (Å²) < 4.78 is 39.1. The SMILES string of the molecule is O=C(CO)NC[C@H](N=C1Cc2ccccc2N1)c1cccc(C(F)(F)F)c1. The minimum Gasteiger partial charge on any atom is -0.387 e. The molecule has 0 saturated carbocycles. The smallest absolute Gasteiger partial charge is 0.387 e. The molecular formula is C19H18F3N3O2. The highest BCUT2D eigenvalue weighted by Crippen LogP contribution is 2.32. The summed E-state index contributed by atoms with van der Waals surface area (Å²) >= 11 is 0. The van der Waals surface area contributed by atoms with Crippen molar-refractivity contribution >= 4 is 17.4 Å². The van der Waals surface area contributed by atoms with Crippen LogP contribution in [0.15, 0.2) is 53.5 Å². The first-order valence-corrected chi connectivity index (χ1v) is 8.33. The Morgan fingerprint density at radius 1 is 1.22 bits per heavy atom. The molecule has 0 spiro atoms. The molecule has 27 heavy (non-hydrogen) atoms. The Balaban J connectivity index is 1.88. The zero-order valence-electron chi connectivity index (χ0n) is 14.3. The number of anilines is 1. The van der Waals surface area contributed by atoms with Crippen LogP contribution in [0.1, 0.15) is 22.7 Å². The average Bonchev–Trinajstić information content (AvgIpc) is 3.06. The van der Waals surface area contributed by atoms with Gasteiger partial charge in [0.05, 0.1) is 11.6 Å². The van der Waals surface area contributed by atoms with Gasteiger partial charge < -0.3 is 15.7 Å². The van der Waals surface area contributed by atoms with Crippen LogP contribution in [0, 0.1) is 0 Å². The highest BCUT2D eigenvalue weighted by molar-refractivity contribution is 6.03. The fourth-order valence-corrected chi connectivity index (χ4v) is 2.87. The number of aliphatic imine (C=N–C) groups is 1. The summed E-state index contributed by atoms with van der Waals surface area (Å²) in [5.74, 6) is -0.00768. The Labute approximate surface area is 153 Å². The van der Waals surface area contributed by atoms with Gasteiger partial charge in [-0.25, -0.2) is 0 Å². The average molecular weight is 377 g/mol. The van der Waals surface area contributed by atoms with E-state index in [1.807, 2.05) is 24.3 Å². The van der Waals surface area contributed by atoms with Gasteiger partial charge in [-0.1, -0.05) is 30.3 Å². The van der Waals surface area contributed by atoms with Crippen molar-refractivity contribution in [2.24, 2.45) is 4.99 Å². The van der Waals surface area contributed by atoms with Crippen LogP contribution in [0.4, 0.5) is 18.9 Å². The number of amides is 1. The number of fused-ring (bicyclic) bond motifs is 1. The largest absolute Gasteiger partial charge is 0.416 e. The van der Waals surface area contributed by atoms with Gasteiger partial charge in [-0.15, -0.1) is 0 Å². The molecule has 3 N–H and O–H groups in total. The summed E-state index contributed by atoms with van der Waals surface area (Å²) in [6, 6.07) is 11.8. The van der Waals surface area contributed by atoms with E-state index in [0.29, 0.717) is 17.8 Å². The Morgan fingerprint density at radius 2 is 2.00 bits per heavy atom. The number of carbonyl (C=O) groups is 1. The number of rotatable bonds is 5. The van der Waals surface area contributed by atoms with E-state index < -0.39 is 30.3 Å². The van der Waals surface area contributed by atoms with Crippen molar-refractivity contribution in [1.29, 1.82) is 0 Å². The topological polar surface area (TPSA) is 73.7 Å². The second-order valence-corrected chi connectivity index (χ2v) is 6.14. The fraction of sp³-hybridized carbons (Fsp3) is 0.263. The maximum atomic E-state index is 13.0. The molecule has 0 aromatic heterocycles. The predicted molar refractivity (Wildman–Crippen MR) is 95.5 cm³/mol. The summed E-state index contributed by atoms with van der Waals surface area (Å²) in [5.41, 5.74) is 1.49. The van der Waals surface area contributed by atoms with Gasteiger partial charge in [0.25, 0.3) is 0 Å². The number of hydrogen-bond donors (Lipinski definition) is 3. The molecule has 3 rings (SSSR count). The van der Waals surface area contributed by atoms with Gasteiger partial charge in [0.15, 0.2) is 0 Å². The molecule has 2 aromatic carbocycles. The Bertz CT molecular complexity index is 838. The Morgan fingerprint density at radius 3 is 2.70 bits per heavy atom. The molecule has 1 aliphatic heterocycles. The first kappa shape index (κ1) is 18.9. The van der Waals surface area contributed by atoms with Gasteiger partial charge in [-0.2, -0.15) is 13.2 Å². The first-order valence-electron chi connectivity index (χ1n) is 8.33. The van der Waals surface area contributed by atoms with Crippen LogP contribution in [-0.4, -0.2) is 30.0 Å². The van der Waals surface area contributed by atoms with Crippen LogP contribution < -0.4 is 10.6 Å². The molecule has 1 heterocycles. The van der Waals surface area contributed by atoms with Crippen molar-refractivity contribution in [3.63, 3.8) is 0 Å². The molecule has 0 bridgehead atoms. The van der Waals surface area contributed by atoms with E-state index in [0.717, 1.165) is 23.4 Å². The summed E-state index contributed by atoms with van der Waals surface area (Å²) in [6.07, 6.45) is -3.94. The lowest BCUT2D eigenvalue weighted by Gasteiger charge is -2.17. The van der Waals surface area contributed by atoms with Crippen LogP contribution in [0.2, 0.25) is 0 Å². The molecule has 0 fully saturated rings. The number of hydrogen-bond acceptors (Lipinski definition) is 3. The van der Waals surface area contributed by atoms with Gasteiger partial charge in [0, 0.05) is 18.7 Å². The van der Waals surface area contributed by atoms with E-state index in [1.165, 1.54) is 12.1 Å². The van der Waals surface area contributed by atoms with E-state index >= 15 is 0 Å². The number of para-hydroxylation sites is 1. The van der Waals surface area contributed by atoms with Crippen molar-refractivity contribution in [2.45, 2.75) is 18.6 Å². The summed E-state index contributed by atoms with van der Waals surface area (Å²) in [7, 11) is 0. The second kappa shape index (κ2) is 7.79. The minimum absolute atomic E-state index is 0.0256. The predicted octanol–water partition coefficient (Wildman–Crippen LogP) is 2.92. The normalized spacial score (nSPS) is 15.9. The van der Waals surface area contributed by atoms with E-state index in [1.54, 1.807) is 0 Å². The number of aliphatic hydroxyl groups is 1. The van der Waals surface area contributed by atoms with Crippen LogP contribution >= 0.6 is 0 Å². The fourth-order valence-electron chi connectivity index (χ4n) is 2.87. The Hall–Kier alpha value is -2.87. The number of halogens is 3. The summed E-state index contributed by atoms with van der Waals surface area (Å²) in [6.45, 7) is -0.724. The quantitative estimate of drug-likeness (QED) is 0.750. The lowest BCUT2D eigenvalue weighted by Crippen LogP contribution is -2.30. The van der Waals surface area contributed by atoms with E-state index in [9.17, 15) is 18.0 Å². The molecule has 0 aliphatic carbocycles. The summed E-state index contributed by atoms with van der Waals surface area (Å²) in [4.78, 5) is 15.9. The highest BCUT2D eigenvalue weighted by atomic mass is 19.4. The third kappa shape index (κ3) is 4.65. The van der Waals surface area contributed by atoms with Crippen molar-refractivity contribution < 1.29 is 23.1 Å². The van der Waals surface area contributed by atoms with Gasteiger partial charge in [-0.3, -0.25) is 9.79 Å². The zero-order valence-corrected chi connectivity index (χ0v) is 14.3. The van der Waals surface area contributed by atoms with E-state index in [2.05, 4.69) is 15.6 Å². The van der Waals surface area contributed by atoms with Crippen LogP contribution in [0.5, 0.6) is 0 Å². The molecule has 0 radical (unpaired) electrons. The maximum Gasteiger partial charge on any atom is 0.416 e. The molecular weight excluding hydrogens is 359 g/mol. The molecule has 1 aliphatic rings. The molecule has 0 unspecified atom stereocenters. The molecule has 8 heteroatoms. The molecule has 5 nitrogen and oxygen atoms in total. The maximum absolute atomic E-state index is 13.0. The third-order valence-corrected chi connectivity index (χ3v) is 4.20.